The number of nitrogens with zero attached hydrogens (tertiary/aromatic N) is 2. The molecule has 0 aliphatic heterocycles. The van der Waals surface area contributed by atoms with Crippen LogP contribution >= 0.6 is 11.6 Å². The average molecular weight is 261 g/mol. The fourth-order valence-corrected chi connectivity index (χ4v) is 2.11. The molecule has 0 saturated heterocycles. The molecule has 2 aromatic rings. The van der Waals surface area contributed by atoms with Crippen molar-refractivity contribution >= 4 is 17.9 Å². The van der Waals surface area contributed by atoms with E-state index < -0.39 is 0 Å². The van der Waals surface area contributed by atoms with E-state index in [2.05, 4.69) is 5.10 Å². The number of halogens is 1. The second kappa shape index (κ2) is 4.58. The number of hydrogen-bond acceptors (Lipinski definition) is 2. The number of carbonyl (C=O) groups excluding carboxylic acids is 1. The molecule has 1 fully saturated rings. The molecule has 0 N–H and O–H groups in total. The molecule has 3 nitrogen and oxygen atoms in total. The number of hydrogen-bond donors (Lipinski definition) is 0. The van der Waals surface area contributed by atoms with E-state index in [0.29, 0.717) is 16.6 Å². The van der Waals surface area contributed by atoms with E-state index in [-0.39, 0.29) is 0 Å². The minimum atomic E-state index is 0.645. The Labute approximate surface area is 110 Å². The van der Waals surface area contributed by atoms with Gasteiger partial charge in [0.25, 0.3) is 0 Å². The Hall–Kier alpha value is -1.61. The smallest absolute Gasteiger partial charge is 0.168 e. The van der Waals surface area contributed by atoms with E-state index in [9.17, 15) is 4.79 Å². The van der Waals surface area contributed by atoms with Gasteiger partial charge in [0.2, 0.25) is 0 Å². The normalized spacial score (nSPS) is 14.7. The molecule has 0 unspecified atom stereocenters. The van der Waals surface area contributed by atoms with Crippen molar-refractivity contribution in [2.24, 2.45) is 5.92 Å². The van der Waals surface area contributed by atoms with Crippen molar-refractivity contribution in [2.45, 2.75) is 19.4 Å². The highest BCUT2D eigenvalue weighted by Gasteiger charge is 2.23. The summed E-state index contributed by atoms with van der Waals surface area (Å²) >= 11 is 5.86. The third-order valence-electron chi connectivity index (χ3n) is 3.20. The highest BCUT2D eigenvalue weighted by molar-refractivity contribution is 6.30. The molecule has 0 radical (unpaired) electrons. The summed E-state index contributed by atoms with van der Waals surface area (Å²) in [6.45, 7) is 0.849. The van der Waals surface area contributed by atoms with E-state index in [1.54, 1.807) is 0 Å². The van der Waals surface area contributed by atoms with Crippen LogP contribution in [-0.4, -0.2) is 16.1 Å². The zero-order valence-electron chi connectivity index (χ0n) is 9.84. The second-order valence-corrected chi connectivity index (χ2v) is 5.14. The van der Waals surface area contributed by atoms with Crippen LogP contribution in [0.15, 0.2) is 30.3 Å². The molecule has 3 rings (SSSR count). The van der Waals surface area contributed by atoms with Crippen LogP contribution < -0.4 is 0 Å². The fraction of sp³-hybridized carbons (Fsp3) is 0.286. The minimum absolute atomic E-state index is 0.645. The van der Waals surface area contributed by atoms with E-state index in [1.165, 1.54) is 12.8 Å². The van der Waals surface area contributed by atoms with Crippen LogP contribution in [0.5, 0.6) is 0 Å². The third-order valence-corrected chi connectivity index (χ3v) is 3.45. The summed E-state index contributed by atoms with van der Waals surface area (Å²) in [6.07, 6.45) is 3.36. The summed E-state index contributed by atoms with van der Waals surface area (Å²) in [4.78, 5) is 11.0. The number of aromatic nitrogens is 2. The predicted octanol–water partition coefficient (Wildman–Crippen LogP) is 3.43. The quantitative estimate of drug-likeness (QED) is 0.790. The van der Waals surface area contributed by atoms with Crippen LogP contribution in [0.25, 0.3) is 11.3 Å². The maximum atomic E-state index is 11.0. The van der Waals surface area contributed by atoms with Crippen LogP contribution in [0.3, 0.4) is 0 Å². The van der Waals surface area contributed by atoms with Gasteiger partial charge in [0.05, 0.1) is 5.69 Å². The summed E-state index contributed by atoms with van der Waals surface area (Å²) in [7, 11) is 0. The molecule has 4 heteroatoms. The Morgan fingerprint density at radius 3 is 2.67 bits per heavy atom. The van der Waals surface area contributed by atoms with Gasteiger partial charge < -0.3 is 0 Å². The first-order valence-electron chi connectivity index (χ1n) is 6.05. The molecular formula is C14H13ClN2O. The van der Waals surface area contributed by atoms with Gasteiger partial charge in [-0.15, -0.1) is 0 Å². The Kier molecular flexibility index (Phi) is 2.92. The number of rotatable bonds is 4. The van der Waals surface area contributed by atoms with Gasteiger partial charge in [-0.3, -0.25) is 9.48 Å². The predicted molar refractivity (Wildman–Crippen MR) is 70.8 cm³/mol. The number of benzene rings is 1. The molecular weight excluding hydrogens is 248 g/mol. The fourth-order valence-electron chi connectivity index (χ4n) is 1.98. The molecule has 1 aliphatic rings. The number of carbonyl (C=O) groups is 1. The second-order valence-electron chi connectivity index (χ2n) is 4.70. The van der Waals surface area contributed by atoms with Crippen LogP contribution in [0.1, 0.15) is 23.3 Å². The Balaban J connectivity index is 1.93. The SMILES string of the molecule is O=Cc1cc(-c2ccc(Cl)cc2)nn1CC1CC1. The van der Waals surface area contributed by atoms with Gasteiger partial charge in [-0.2, -0.15) is 5.10 Å². The monoisotopic (exact) mass is 260 g/mol. The van der Waals surface area contributed by atoms with Gasteiger partial charge in [-0.05, 0) is 37.0 Å². The summed E-state index contributed by atoms with van der Waals surface area (Å²) in [6, 6.07) is 9.33. The first kappa shape index (κ1) is 11.5. The average Bonchev–Trinajstić information content (AvgIpc) is 3.09. The summed E-state index contributed by atoms with van der Waals surface area (Å²) in [5.74, 6) is 0.696. The molecule has 1 aromatic carbocycles. The summed E-state index contributed by atoms with van der Waals surface area (Å²) in [5, 5.41) is 5.20. The largest absolute Gasteiger partial charge is 0.296 e. The lowest BCUT2D eigenvalue weighted by molar-refractivity contribution is 0.111. The van der Waals surface area contributed by atoms with Crippen LogP contribution in [0, 0.1) is 5.92 Å². The zero-order chi connectivity index (χ0) is 12.5. The van der Waals surface area contributed by atoms with Crippen molar-refractivity contribution in [1.29, 1.82) is 0 Å². The maximum absolute atomic E-state index is 11.0. The van der Waals surface area contributed by atoms with Crippen molar-refractivity contribution in [3.05, 3.63) is 41.0 Å². The molecule has 18 heavy (non-hydrogen) atoms. The third kappa shape index (κ3) is 2.31. The van der Waals surface area contributed by atoms with Crippen LogP contribution in [0.4, 0.5) is 0 Å². The topological polar surface area (TPSA) is 34.9 Å². The number of aldehydes is 1. The van der Waals surface area contributed by atoms with Crippen molar-refractivity contribution in [3.8, 4) is 11.3 Å². The molecule has 0 spiro atoms. The molecule has 1 aromatic heterocycles. The van der Waals surface area contributed by atoms with Crippen molar-refractivity contribution < 1.29 is 4.79 Å². The summed E-state index contributed by atoms with van der Waals surface area (Å²) < 4.78 is 1.81. The van der Waals surface area contributed by atoms with E-state index in [0.717, 1.165) is 24.1 Å². The van der Waals surface area contributed by atoms with Gasteiger partial charge in [0.15, 0.2) is 6.29 Å². The van der Waals surface area contributed by atoms with E-state index >= 15 is 0 Å². The maximum Gasteiger partial charge on any atom is 0.168 e. The summed E-state index contributed by atoms with van der Waals surface area (Å²) in [5.41, 5.74) is 2.46. The highest BCUT2D eigenvalue weighted by Crippen LogP contribution is 2.31. The van der Waals surface area contributed by atoms with Gasteiger partial charge >= 0.3 is 0 Å². The molecule has 0 amide bonds. The Morgan fingerprint density at radius 1 is 1.33 bits per heavy atom. The molecule has 1 saturated carbocycles. The van der Waals surface area contributed by atoms with Crippen LogP contribution in [0.2, 0.25) is 5.02 Å². The lowest BCUT2D eigenvalue weighted by atomic mass is 10.1. The standard InChI is InChI=1S/C14H13ClN2O/c15-12-5-3-11(4-6-12)14-7-13(9-18)17(16-14)8-10-1-2-10/h3-7,9-10H,1-2,8H2. The molecule has 0 atom stereocenters. The van der Waals surface area contributed by atoms with Gasteiger partial charge in [-0.25, -0.2) is 0 Å². The van der Waals surface area contributed by atoms with Crippen molar-refractivity contribution in [3.63, 3.8) is 0 Å². The first-order chi connectivity index (χ1) is 8.76. The minimum Gasteiger partial charge on any atom is -0.296 e. The highest BCUT2D eigenvalue weighted by atomic mass is 35.5. The molecule has 92 valence electrons. The van der Waals surface area contributed by atoms with Crippen molar-refractivity contribution in [2.75, 3.05) is 0 Å². The Bertz CT molecular complexity index is 570. The Morgan fingerprint density at radius 2 is 2.06 bits per heavy atom. The van der Waals surface area contributed by atoms with E-state index in [4.69, 9.17) is 11.6 Å². The van der Waals surface area contributed by atoms with E-state index in [1.807, 2.05) is 35.0 Å². The van der Waals surface area contributed by atoms with Gasteiger partial charge in [-0.1, -0.05) is 23.7 Å². The van der Waals surface area contributed by atoms with Crippen LogP contribution in [-0.2, 0) is 6.54 Å². The molecule has 1 heterocycles. The lowest BCUT2D eigenvalue weighted by Crippen LogP contribution is -2.05. The zero-order valence-corrected chi connectivity index (χ0v) is 10.6. The molecule has 1 aliphatic carbocycles. The molecule has 0 bridgehead atoms. The van der Waals surface area contributed by atoms with Crippen molar-refractivity contribution in [1.82, 2.24) is 9.78 Å². The van der Waals surface area contributed by atoms with Gasteiger partial charge in [0.1, 0.15) is 5.69 Å². The lowest BCUT2D eigenvalue weighted by Gasteiger charge is -2.00. The van der Waals surface area contributed by atoms with Gasteiger partial charge in [0, 0.05) is 17.1 Å². The first-order valence-corrected chi connectivity index (χ1v) is 6.43.